The van der Waals surface area contributed by atoms with Gasteiger partial charge in [0, 0.05) is 25.6 Å². The Kier molecular flexibility index (Phi) is 5.00. The number of hydrogen-bond acceptors (Lipinski definition) is 4. The van der Waals surface area contributed by atoms with Crippen molar-refractivity contribution in [3.8, 4) is 0 Å². The lowest BCUT2D eigenvalue weighted by molar-refractivity contribution is -0.131. The van der Waals surface area contributed by atoms with Gasteiger partial charge in [0.05, 0.1) is 13.1 Å². The molecule has 0 aliphatic heterocycles. The molecule has 0 atom stereocenters. The van der Waals surface area contributed by atoms with Crippen LogP contribution < -0.4 is 0 Å². The first-order valence-electron chi connectivity index (χ1n) is 8.45. The van der Waals surface area contributed by atoms with E-state index >= 15 is 0 Å². The van der Waals surface area contributed by atoms with Crippen molar-refractivity contribution < 1.29 is 9.32 Å². The Labute approximate surface area is 143 Å². The average molecular weight is 327 g/mol. The van der Waals surface area contributed by atoms with Gasteiger partial charge < -0.3 is 9.42 Å². The fraction of sp³-hybridized carbons (Fsp3) is 0.474. The Bertz CT molecular complexity index is 689. The number of amides is 1. The van der Waals surface area contributed by atoms with E-state index in [-0.39, 0.29) is 5.91 Å². The van der Waals surface area contributed by atoms with Crippen LogP contribution in [0.25, 0.3) is 0 Å². The van der Waals surface area contributed by atoms with E-state index in [2.05, 4.69) is 36.3 Å². The second-order valence-electron chi connectivity index (χ2n) is 6.90. The van der Waals surface area contributed by atoms with E-state index in [1.165, 1.54) is 24.0 Å². The van der Waals surface area contributed by atoms with Crippen molar-refractivity contribution in [3.05, 3.63) is 52.9 Å². The minimum atomic E-state index is 0.0839. The summed E-state index contributed by atoms with van der Waals surface area (Å²) in [5.41, 5.74) is 3.29. The van der Waals surface area contributed by atoms with Crippen LogP contribution in [0.2, 0.25) is 0 Å². The summed E-state index contributed by atoms with van der Waals surface area (Å²) < 4.78 is 5.34. The normalized spacial score (nSPS) is 14.2. The minimum absolute atomic E-state index is 0.0839. The van der Waals surface area contributed by atoms with Crippen LogP contribution >= 0.6 is 0 Å². The maximum atomic E-state index is 12.4. The van der Waals surface area contributed by atoms with Gasteiger partial charge in [0.2, 0.25) is 5.91 Å². The Morgan fingerprint density at radius 2 is 1.92 bits per heavy atom. The van der Waals surface area contributed by atoms with Gasteiger partial charge in [-0.25, -0.2) is 0 Å². The molecule has 128 valence electrons. The number of benzene rings is 1. The molecular formula is C19H25N3O2. The van der Waals surface area contributed by atoms with Crippen molar-refractivity contribution in [2.24, 2.45) is 0 Å². The van der Waals surface area contributed by atoms with Gasteiger partial charge in [0.15, 0.2) is 0 Å². The maximum Gasteiger partial charge on any atom is 0.236 e. The summed E-state index contributed by atoms with van der Waals surface area (Å²) in [6.45, 7) is 3.71. The summed E-state index contributed by atoms with van der Waals surface area (Å²) in [5.74, 6) is 1.59. The highest BCUT2D eigenvalue weighted by atomic mass is 16.5. The van der Waals surface area contributed by atoms with Gasteiger partial charge in [0.25, 0.3) is 0 Å². The van der Waals surface area contributed by atoms with Crippen LogP contribution in [0.5, 0.6) is 0 Å². The van der Waals surface area contributed by atoms with E-state index in [0.717, 1.165) is 18.0 Å². The van der Waals surface area contributed by atoms with Crippen LogP contribution in [0.15, 0.2) is 34.9 Å². The predicted octanol–water partition coefficient (Wildman–Crippen LogP) is 2.95. The molecule has 0 N–H and O–H groups in total. The summed E-state index contributed by atoms with van der Waals surface area (Å²) in [7, 11) is 3.78. The first-order valence-corrected chi connectivity index (χ1v) is 8.45. The van der Waals surface area contributed by atoms with Crippen LogP contribution in [-0.4, -0.2) is 41.5 Å². The number of likely N-dealkylation sites (N-methyl/N-ethyl adjacent to an activating group) is 2. The van der Waals surface area contributed by atoms with Crippen LogP contribution in [0.1, 0.15) is 41.3 Å². The zero-order chi connectivity index (χ0) is 17.1. The fourth-order valence-electron chi connectivity index (χ4n) is 2.71. The molecular weight excluding hydrogens is 302 g/mol. The molecule has 24 heavy (non-hydrogen) atoms. The third kappa shape index (κ3) is 4.45. The van der Waals surface area contributed by atoms with E-state index in [9.17, 15) is 4.79 Å². The van der Waals surface area contributed by atoms with E-state index in [4.69, 9.17) is 4.52 Å². The smallest absolute Gasteiger partial charge is 0.236 e. The Morgan fingerprint density at radius 3 is 2.58 bits per heavy atom. The maximum absolute atomic E-state index is 12.4. The van der Waals surface area contributed by atoms with Crippen molar-refractivity contribution >= 4 is 5.91 Å². The molecule has 0 saturated heterocycles. The highest BCUT2D eigenvalue weighted by molar-refractivity contribution is 5.77. The van der Waals surface area contributed by atoms with Crippen LogP contribution in [0, 0.1) is 6.92 Å². The number of carbonyl (C=O) groups is 1. The number of nitrogens with zero attached hydrogens (tertiary/aromatic N) is 3. The van der Waals surface area contributed by atoms with Crippen molar-refractivity contribution in [1.29, 1.82) is 0 Å². The van der Waals surface area contributed by atoms with Gasteiger partial charge in [-0.05, 0) is 32.4 Å². The topological polar surface area (TPSA) is 49.6 Å². The molecule has 2 aromatic rings. The van der Waals surface area contributed by atoms with E-state index < -0.39 is 0 Å². The van der Waals surface area contributed by atoms with Crippen LogP contribution in [0.4, 0.5) is 0 Å². The lowest BCUT2D eigenvalue weighted by atomic mass is 10.1. The van der Waals surface area contributed by atoms with Gasteiger partial charge in [-0.2, -0.15) is 0 Å². The number of rotatable bonds is 7. The molecule has 0 bridgehead atoms. The lowest BCUT2D eigenvalue weighted by Crippen LogP contribution is -2.36. The molecule has 1 fully saturated rings. The lowest BCUT2D eigenvalue weighted by Gasteiger charge is -2.21. The SMILES string of the molecule is Cc1ccc(CN(C)CC(=O)N(C)Cc2cc(C3CC3)on2)cc1. The fourth-order valence-corrected chi connectivity index (χ4v) is 2.71. The standard InChI is InChI=1S/C19H25N3O2/c1-14-4-6-15(7-5-14)11-21(2)13-19(23)22(3)12-17-10-18(24-20-17)16-8-9-16/h4-7,10,16H,8-9,11-13H2,1-3H3. The number of aromatic nitrogens is 1. The molecule has 0 radical (unpaired) electrons. The van der Waals surface area contributed by atoms with Gasteiger partial charge in [-0.3, -0.25) is 9.69 Å². The van der Waals surface area contributed by atoms with E-state index in [0.29, 0.717) is 19.0 Å². The van der Waals surface area contributed by atoms with Gasteiger partial charge in [-0.1, -0.05) is 35.0 Å². The highest BCUT2D eigenvalue weighted by Crippen LogP contribution is 2.40. The van der Waals surface area contributed by atoms with Crippen molar-refractivity contribution in [2.45, 2.75) is 38.8 Å². The number of hydrogen-bond donors (Lipinski definition) is 0. The molecule has 1 aromatic carbocycles. The van der Waals surface area contributed by atoms with Gasteiger partial charge >= 0.3 is 0 Å². The third-order valence-electron chi connectivity index (χ3n) is 4.36. The van der Waals surface area contributed by atoms with E-state index in [1.54, 1.807) is 4.90 Å². The first-order chi connectivity index (χ1) is 11.5. The van der Waals surface area contributed by atoms with Crippen molar-refractivity contribution in [3.63, 3.8) is 0 Å². The zero-order valence-electron chi connectivity index (χ0n) is 14.7. The Balaban J connectivity index is 1.48. The summed E-state index contributed by atoms with van der Waals surface area (Å²) in [5, 5.41) is 4.07. The second kappa shape index (κ2) is 7.18. The van der Waals surface area contributed by atoms with Crippen molar-refractivity contribution in [2.75, 3.05) is 20.6 Å². The first kappa shape index (κ1) is 16.7. The van der Waals surface area contributed by atoms with Crippen LogP contribution in [0.3, 0.4) is 0 Å². The summed E-state index contributed by atoms with van der Waals surface area (Å²) >= 11 is 0. The van der Waals surface area contributed by atoms with Gasteiger partial charge in [-0.15, -0.1) is 0 Å². The number of aryl methyl sites for hydroxylation is 1. The summed E-state index contributed by atoms with van der Waals surface area (Å²) in [4.78, 5) is 16.1. The molecule has 1 amide bonds. The summed E-state index contributed by atoms with van der Waals surface area (Å²) in [6.07, 6.45) is 2.38. The molecule has 1 heterocycles. The quantitative estimate of drug-likeness (QED) is 0.784. The molecule has 1 aromatic heterocycles. The average Bonchev–Trinajstić information content (AvgIpc) is 3.29. The molecule has 3 rings (SSSR count). The molecule has 1 aliphatic carbocycles. The molecule has 1 aliphatic rings. The zero-order valence-corrected chi connectivity index (χ0v) is 14.7. The molecule has 0 unspecified atom stereocenters. The van der Waals surface area contributed by atoms with E-state index in [1.807, 2.05) is 25.1 Å². The summed E-state index contributed by atoms with van der Waals surface area (Å²) in [6, 6.07) is 10.4. The molecule has 1 saturated carbocycles. The minimum Gasteiger partial charge on any atom is -0.361 e. The van der Waals surface area contributed by atoms with Crippen molar-refractivity contribution in [1.82, 2.24) is 15.0 Å². The Morgan fingerprint density at radius 1 is 1.21 bits per heavy atom. The Hall–Kier alpha value is -2.14. The monoisotopic (exact) mass is 327 g/mol. The predicted molar refractivity (Wildman–Crippen MR) is 92.5 cm³/mol. The highest BCUT2D eigenvalue weighted by Gasteiger charge is 2.28. The van der Waals surface area contributed by atoms with Crippen LogP contribution in [-0.2, 0) is 17.9 Å². The second-order valence-corrected chi connectivity index (χ2v) is 6.90. The molecule has 5 heteroatoms. The number of carbonyl (C=O) groups excluding carboxylic acids is 1. The third-order valence-corrected chi connectivity index (χ3v) is 4.36. The van der Waals surface area contributed by atoms with Gasteiger partial charge in [0.1, 0.15) is 11.5 Å². The molecule has 5 nitrogen and oxygen atoms in total. The molecule has 0 spiro atoms. The largest absolute Gasteiger partial charge is 0.361 e.